The molecule has 34 heavy (non-hydrogen) atoms. The molecule has 5 rings (SSSR count). The van der Waals surface area contributed by atoms with Crippen LogP contribution in [0.4, 0.5) is 0 Å². The molecule has 0 spiro atoms. The normalized spacial score (nSPS) is 11.4. The number of rotatable bonds is 5. The fourth-order valence-electron chi connectivity index (χ4n) is 3.77. The van der Waals surface area contributed by atoms with Crippen molar-refractivity contribution in [1.29, 1.82) is 0 Å². The Morgan fingerprint density at radius 3 is 2.32 bits per heavy atom. The second-order valence-electron chi connectivity index (χ2n) is 7.92. The van der Waals surface area contributed by atoms with Gasteiger partial charge in [-0.2, -0.15) is 5.10 Å². The van der Waals surface area contributed by atoms with Crippen LogP contribution in [0.1, 0.15) is 27.2 Å². The van der Waals surface area contributed by atoms with E-state index in [1.54, 1.807) is 6.20 Å². The summed E-state index contributed by atoms with van der Waals surface area (Å²) in [4.78, 5) is 22.6. The van der Waals surface area contributed by atoms with Gasteiger partial charge in [0.05, 0.1) is 22.5 Å². The third-order valence-electron chi connectivity index (χ3n) is 5.53. The highest BCUT2D eigenvalue weighted by Gasteiger charge is 2.15. The van der Waals surface area contributed by atoms with Gasteiger partial charge >= 0.3 is 0 Å². The summed E-state index contributed by atoms with van der Waals surface area (Å²) in [5, 5.41) is 5.26. The molecule has 0 saturated heterocycles. The third kappa shape index (κ3) is 4.45. The average molecular weight is 443 g/mol. The second kappa shape index (κ2) is 9.46. The van der Waals surface area contributed by atoms with Gasteiger partial charge in [0.25, 0.3) is 5.91 Å². The minimum atomic E-state index is -0.309. The summed E-state index contributed by atoms with van der Waals surface area (Å²) in [5.74, 6) is -0.309. The standard InChI is InChI=1S/C29H22N4O/c1-20-14-16-21(17-15-20)27-19-24(23-11-5-6-12-25(23)31-27)29(34)33-32-28(22-9-3-2-4-10-22)26-13-7-8-18-30-26/h2-19H,1H3,(H,33,34)/b32-28+. The van der Waals surface area contributed by atoms with Crippen molar-refractivity contribution in [2.45, 2.75) is 6.92 Å². The van der Waals surface area contributed by atoms with Crippen molar-refractivity contribution in [3.8, 4) is 11.3 Å². The summed E-state index contributed by atoms with van der Waals surface area (Å²) >= 11 is 0. The van der Waals surface area contributed by atoms with E-state index in [9.17, 15) is 4.79 Å². The van der Waals surface area contributed by atoms with Crippen molar-refractivity contribution >= 4 is 22.5 Å². The van der Waals surface area contributed by atoms with Gasteiger partial charge in [-0.05, 0) is 31.2 Å². The van der Waals surface area contributed by atoms with Crippen molar-refractivity contribution in [1.82, 2.24) is 15.4 Å². The average Bonchev–Trinajstić information content (AvgIpc) is 2.90. The zero-order chi connectivity index (χ0) is 23.3. The second-order valence-corrected chi connectivity index (χ2v) is 7.92. The minimum absolute atomic E-state index is 0.309. The van der Waals surface area contributed by atoms with Crippen LogP contribution in [0, 0.1) is 6.92 Å². The van der Waals surface area contributed by atoms with Crippen LogP contribution in [0.25, 0.3) is 22.2 Å². The van der Waals surface area contributed by atoms with Crippen LogP contribution in [-0.2, 0) is 0 Å². The Bertz CT molecular complexity index is 1440. The van der Waals surface area contributed by atoms with Gasteiger partial charge in [-0.25, -0.2) is 10.4 Å². The predicted molar refractivity (Wildman–Crippen MR) is 136 cm³/mol. The summed E-state index contributed by atoms with van der Waals surface area (Å²) in [6.07, 6.45) is 1.71. The number of carbonyl (C=O) groups is 1. The highest BCUT2D eigenvalue weighted by atomic mass is 16.2. The van der Waals surface area contributed by atoms with Crippen LogP contribution >= 0.6 is 0 Å². The van der Waals surface area contributed by atoms with Crippen molar-refractivity contribution in [3.63, 3.8) is 0 Å². The van der Waals surface area contributed by atoms with Gasteiger partial charge in [0.15, 0.2) is 0 Å². The number of pyridine rings is 2. The number of benzene rings is 3. The molecule has 2 heterocycles. The first-order chi connectivity index (χ1) is 16.7. The molecule has 0 aliphatic rings. The molecule has 5 nitrogen and oxygen atoms in total. The first kappa shape index (κ1) is 21.2. The van der Waals surface area contributed by atoms with Crippen molar-refractivity contribution in [2.75, 3.05) is 0 Å². The lowest BCUT2D eigenvalue weighted by Crippen LogP contribution is -2.21. The number of aryl methyl sites for hydroxylation is 1. The number of carbonyl (C=O) groups excluding carboxylic acids is 1. The maximum absolute atomic E-state index is 13.4. The van der Waals surface area contributed by atoms with E-state index in [2.05, 4.69) is 15.5 Å². The van der Waals surface area contributed by atoms with E-state index in [4.69, 9.17) is 4.98 Å². The SMILES string of the molecule is Cc1ccc(-c2cc(C(=O)N/N=C(\c3ccccc3)c3ccccn3)c3ccccc3n2)cc1. The van der Waals surface area contributed by atoms with E-state index in [1.807, 2.05) is 110 Å². The molecule has 1 amide bonds. The number of fused-ring (bicyclic) bond motifs is 1. The molecule has 164 valence electrons. The number of amides is 1. The Hall–Kier alpha value is -4.64. The third-order valence-corrected chi connectivity index (χ3v) is 5.53. The number of hydrazone groups is 1. The van der Waals surface area contributed by atoms with Crippen LogP contribution < -0.4 is 5.43 Å². The van der Waals surface area contributed by atoms with E-state index in [1.165, 1.54) is 5.56 Å². The van der Waals surface area contributed by atoms with Gasteiger partial charge < -0.3 is 0 Å². The Balaban J connectivity index is 1.56. The molecule has 0 atom stereocenters. The number of hydrogen-bond donors (Lipinski definition) is 1. The molecule has 0 fully saturated rings. The van der Waals surface area contributed by atoms with Gasteiger partial charge in [0.1, 0.15) is 5.71 Å². The maximum Gasteiger partial charge on any atom is 0.272 e. The highest BCUT2D eigenvalue weighted by molar-refractivity contribution is 6.13. The molecule has 2 aromatic heterocycles. The molecule has 0 bridgehead atoms. The first-order valence-electron chi connectivity index (χ1n) is 11.0. The molecule has 0 saturated carbocycles. The Morgan fingerprint density at radius 2 is 1.56 bits per heavy atom. The summed E-state index contributed by atoms with van der Waals surface area (Å²) in [6.45, 7) is 2.04. The molecular weight excluding hydrogens is 420 g/mol. The van der Waals surface area contributed by atoms with Crippen LogP contribution in [0.2, 0.25) is 0 Å². The van der Waals surface area contributed by atoms with E-state index in [0.29, 0.717) is 17.0 Å². The smallest absolute Gasteiger partial charge is 0.267 e. The van der Waals surface area contributed by atoms with Gasteiger partial charge in [0, 0.05) is 22.7 Å². The van der Waals surface area contributed by atoms with Crippen LogP contribution in [0.3, 0.4) is 0 Å². The highest BCUT2D eigenvalue weighted by Crippen LogP contribution is 2.25. The molecule has 1 N–H and O–H groups in total. The van der Waals surface area contributed by atoms with Gasteiger partial charge in [-0.15, -0.1) is 0 Å². The lowest BCUT2D eigenvalue weighted by atomic mass is 10.0. The molecule has 0 aliphatic carbocycles. The van der Waals surface area contributed by atoms with Gasteiger partial charge in [-0.3, -0.25) is 9.78 Å². The van der Waals surface area contributed by atoms with Crippen LogP contribution in [0.15, 0.2) is 114 Å². The Kier molecular flexibility index (Phi) is 5.91. The quantitative estimate of drug-likeness (QED) is 0.277. The largest absolute Gasteiger partial charge is 0.272 e. The number of hydrogen-bond acceptors (Lipinski definition) is 4. The summed E-state index contributed by atoms with van der Waals surface area (Å²) in [5.41, 5.74) is 9.00. The van der Waals surface area contributed by atoms with Crippen molar-refractivity contribution in [2.24, 2.45) is 5.10 Å². The van der Waals surface area contributed by atoms with Crippen molar-refractivity contribution < 1.29 is 4.79 Å². The van der Waals surface area contributed by atoms with Gasteiger partial charge in [0.2, 0.25) is 0 Å². The number of nitrogens with one attached hydrogen (secondary N) is 1. The fourth-order valence-corrected chi connectivity index (χ4v) is 3.77. The minimum Gasteiger partial charge on any atom is -0.267 e. The number of para-hydroxylation sites is 1. The summed E-state index contributed by atoms with van der Waals surface area (Å²) in [7, 11) is 0. The lowest BCUT2D eigenvalue weighted by molar-refractivity contribution is 0.0956. The maximum atomic E-state index is 13.4. The zero-order valence-electron chi connectivity index (χ0n) is 18.6. The van der Waals surface area contributed by atoms with E-state index < -0.39 is 0 Å². The molecule has 0 radical (unpaired) electrons. The zero-order valence-corrected chi connectivity index (χ0v) is 18.6. The predicted octanol–water partition coefficient (Wildman–Crippen LogP) is 5.79. The topological polar surface area (TPSA) is 67.2 Å². The Morgan fingerprint density at radius 1 is 0.824 bits per heavy atom. The number of aromatic nitrogens is 2. The molecule has 5 aromatic rings. The molecule has 5 heteroatoms. The lowest BCUT2D eigenvalue weighted by Gasteiger charge is -2.10. The van der Waals surface area contributed by atoms with Crippen LogP contribution in [-0.4, -0.2) is 21.6 Å². The van der Waals surface area contributed by atoms with Gasteiger partial charge in [-0.1, -0.05) is 84.4 Å². The molecule has 0 aliphatic heterocycles. The number of nitrogens with zero attached hydrogens (tertiary/aromatic N) is 3. The monoisotopic (exact) mass is 442 g/mol. The molecular formula is C29H22N4O. The fraction of sp³-hybridized carbons (Fsp3) is 0.0345. The first-order valence-corrected chi connectivity index (χ1v) is 11.0. The van der Waals surface area contributed by atoms with E-state index >= 15 is 0 Å². The Labute approximate surface area is 197 Å². The summed E-state index contributed by atoms with van der Waals surface area (Å²) < 4.78 is 0. The molecule has 3 aromatic carbocycles. The molecule has 0 unspecified atom stereocenters. The van der Waals surface area contributed by atoms with Crippen LogP contribution in [0.5, 0.6) is 0 Å². The van der Waals surface area contributed by atoms with E-state index in [0.717, 1.165) is 27.7 Å². The van der Waals surface area contributed by atoms with E-state index in [-0.39, 0.29) is 5.91 Å². The summed E-state index contributed by atoms with van der Waals surface area (Å²) in [6, 6.07) is 32.9. The van der Waals surface area contributed by atoms with Crippen molar-refractivity contribution in [3.05, 3.63) is 132 Å².